The van der Waals surface area contributed by atoms with Gasteiger partial charge in [-0.2, -0.15) is 0 Å². The van der Waals surface area contributed by atoms with Crippen LogP contribution in [0.2, 0.25) is 0 Å². The molecule has 0 bridgehead atoms. The molecule has 6 nitrogen and oxygen atoms in total. The van der Waals surface area contributed by atoms with Crippen LogP contribution in [0.4, 0.5) is 10.1 Å². The summed E-state index contributed by atoms with van der Waals surface area (Å²) in [5, 5.41) is 19.6. The summed E-state index contributed by atoms with van der Waals surface area (Å²) in [4.78, 5) is 20.9. The quantitative estimate of drug-likeness (QED) is 0.661. The number of hydrogen-bond donors (Lipinski definition) is 1. The molecule has 0 aliphatic heterocycles. The Morgan fingerprint density at radius 1 is 1.24 bits per heavy atom. The number of carboxylic acid groups (broad SMARTS) is 1. The van der Waals surface area contributed by atoms with Crippen LogP contribution in [0.3, 0.4) is 0 Å². The first-order valence-electron chi connectivity index (χ1n) is 5.53. The lowest BCUT2D eigenvalue weighted by Crippen LogP contribution is -2.01. The van der Waals surface area contributed by atoms with E-state index in [1.54, 1.807) is 0 Å². The zero-order valence-electron chi connectivity index (χ0n) is 10.2. The lowest BCUT2D eigenvalue weighted by atomic mass is 10.2. The van der Waals surface area contributed by atoms with Crippen molar-refractivity contribution in [2.24, 2.45) is 0 Å². The van der Waals surface area contributed by atoms with Crippen molar-refractivity contribution < 1.29 is 24.0 Å². The van der Waals surface area contributed by atoms with Crippen molar-refractivity contribution in [1.29, 1.82) is 0 Å². The number of hydrogen-bond acceptors (Lipinski definition) is 4. The first-order valence-corrected chi connectivity index (χ1v) is 6.32. The SMILES string of the molecule is O=C(O)c1cc(Br)ccc1Oc1ccc([N+](=O)[O-])cc1F. The van der Waals surface area contributed by atoms with Crippen molar-refractivity contribution in [3.63, 3.8) is 0 Å². The number of non-ortho nitro benzene ring substituents is 1. The van der Waals surface area contributed by atoms with Crippen LogP contribution in [0.25, 0.3) is 0 Å². The first-order chi connectivity index (χ1) is 9.88. The van der Waals surface area contributed by atoms with Crippen LogP contribution >= 0.6 is 15.9 Å². The maximum Gasteiger partial charge on any atom is 0.339 e. The largest absolute Gasteiger partial charge is 0.478 e. The Kier molecular flexibility index (Phi) is 4.18. The van der Waals surface area contributed by atoms with E-state index in [-0.39, 0.29) is 17.1 Å². The molecule has 2 rings (SSSR count). The highest BCUT2D eigenvalue weighted by atomic mass is 79.9. The van der Waals surface area contributed by atoms with Gasteiger partial charge < -0.3 is 9.84 Å². The zero-order chi connectivity index (χ0) is 15.6. The summed E-state index contributed by atoms with van der Waals surface area (Å²) in [7, 11) is 0. The van der Waals surface area contributed by atoms with Crippen molar-refractivity contribution in [3.05, 3.63) is 62.4 Å². The summed E-state index contributed by atoms with van der Waals surface area (Å²) >= 11 is 3.12. The number of carboxylic acids is 1. The van der Waals surface area contributed by atoms with Crippen molar-refractivity contribution >= 4 is 27.6 Å². The van der Waals surface area contributed by atoms with Crippen LogP contribution in [0.5, 0.6) is 11.5 Å². The van der Waals surface area contributed by atoms with Gasteiger partial charge in [0.2, 0.25) is 0 Å². The number of aromatic carboxylic acids is 1. The average Bonchev–Trinajstić information content (AvgIpc) is 2.42. The topological polar surface area (TPSA) is 89.7 Å². The van der Waals surface area contributed by atoms with Gasteiger partial charge in [-0.1, -0.05) is 15.9 Å². The summed E-state index contributed by atoms with van der Waals surface area (Å²) in [5.41, 5.74) is -0.587. The molecule has 8 heteroatoms. The van der Waals surface area contributed by atoms with Gasteiger partial charge >= 0.3 is 5.97 Å². The Bertz CT molecular complexity index is 734. The molecule has 2 aromatic carbocycles. The van der Waals surface area contributed by atoms with Crippen molar-refractivity contribution in [2.45, 2.75) is 0 Å². The van der Waals surface area contributed by atoms with Crippen LogP contribution in [0.15, 0.2) is 40.9 Å². The molecule has 108 valence electrons. The Hall–Kier alpha value is -2.48. The van der Waals surface area contributed by atoms with E-state index in [0.717, 1.165) is 12.1 Å². The smallest absolute Gasteiger partial charge is 0.339 e. The highest BCUT2D eigenvalue weighted by Gasteiger charge is 2.16. The minimum atomic E-state index is -1.24. The molecule has 0 amide bonds. The van der Waals surface area contributed by atoms with Gasteiger partial charge in [-0.3, -0.25) is 10.1 Å². The second-order valence-electron chi connectivity index (χ2n) is 3.92. The van der Waals surface area contributed by atoms with Crippen molar-refractivity contribution in [2.75, 3.05) is 0 Å². The molecular weight excluding hydrogens is 349 g/mol. The molecule has 21 heavy (non-hydrogen) atoms. The van der Waals surface area contributed by atoms with Crippen LogP contribution in [-0.4, -0.2) is 16.0 Å². The number of rotatable bonds is 4. The number of nitrogens with zero attached hydrogens (tertiary/aromatic N) is 1. The average molecular weight is 356 g/mol. The van der Waals surface area contributed by atoms with E-state index < -0.39 is 22.4 Å². The third-order valence-electron chi connectivity index (χ3n) is 2.52. The summed E-state index contributed by atoms with van der Waals surface area (Å²) in [6, 6.07) is 7.04. The van der Waals surface area contributed by atoms with Crippen LogP contribution in [-0.2, 0) is 0 Å². The molecule has 0 radical (unpaired) electrons. The van der Waals surface area contributed by atoms with Gasteiger partial charge in [-0.15, -0.1) is 0 Å². The molecule has 0 saturated heterocycles. The predicted molar refractivity (Wildman–Crippen MR) is 74.2 cm³/mol. The van der Waals surface area contributed by atoms with Gasteiger partial charge in [0, 0.05) is 10.5 Å². The third-order valence-corrected chi connectivity index (χ3v) is 3.01. The molecule has 0 atom stereocenters. The standard InChI is InChI=1S/C13H7BrFNO5/c14-7-1-3-11(9(5-7)13(17)18)21-12-4-2-8(16(19)20)6-10(12)15/h1-6H,(H,17,18). The van der Waals surface area contributed by atoms with Crippen LogP contribution in [0.1, 0.15) is 10.4 Å². The summed E-state index contributed by atoms with van der Waals surface area (Å²) in [6.45, 7) is 0. The number of halogens is 2. The first kappa shape index (κ1) is 14.9. The monoisotopic (exact) mass is 355 g/mol. The van der Waals surface area contributed by atoms with Crippen LogP contribution < -0.4 is 4.74 Å². The molecule has 0 spiro atoms. The van der Waals surface area contributed by atoms with Crippen molar-refractivity contribution in [3.8, 4) is 11.5 Å². The van der Waals surface area contributed by atoms with Crippen molar-refractivity contribution in [1.82, 2.24) is 0 Å². The van der Waals surface area contributed by atoms with Crippen LogP contribution in [0, 0.1) is 15.9 Å². The fourth-order valence-corrected chi connectivity index (χ4v) is 1.92. The highest BCUT2D eigenvalue weighted by molar-refractivity contribution is 9.10. The number of nitro benzene ring substituents is 1. The van der Waals surface area contributed by atoms with Gasteiger partial charge in [-0.25, -0.2) is 9.18 Å². The predicted octanol–water partition coefficient (Wildman–Crippen LogP) is 3.99. The number of ether oxygens (including phenoxy) is 1. The Labute approximate surface area is 126 Å². The fraction of sp³-hybridized carbons (Fsp3) is 0. The Morgan fingerprint density at radius 3 is 2.48 bits per heavy atom. The third kappa shape index (κ3) is 3.34. The van der Waals surface area contributed by atoms with E-state index in [0.29, 0.717) is 10.5 Å². The van der Waals surface area contributed by atoms with E-state index in [9.17, 15) is 19.3 Å². The summed E-state index contributed by atoms with van der Waals surface area (Å²) < 4.78 is 19.4. The fourth-order valence-electron chi connectivity index (χ4n) is 1.56. The summed E-state index contributed by atoms with van der Waals surface area (Å²) in [6.07, 6.45) is 0. The van der Waals surface area contributed by atoms with Gasteiger partial charge in [0.25, 0.3) is 5.69 Å². The minimum absolute atomic E-state index is 0.0709. The van der Waals surface area contributed by atoms with E-state index >= 15 is 0 Å². The molecule has 1 N–H and O–H groups in total. The molecule has 0 unspecified atom stereocenters. The molecule has 0 aliphatic carbocycles. The molecule has 0 aromatic heterocycles. The lowest BCUT2D eigenvalue weighted by Gasteiger charge is -2.09. The molecule has 2 aromatic rings. The Balaban J connectivity index is 2.39. The zero-order valence-corrected chi connectivity index (χ0v) is 11.8. The van der Waals surface area contributed by atoms with Gasteiger partial charge in [0.15, 0.2) is 11.6 Å². The molecule has 0 aliphatic rings. The van der Waals surface area contributed by atoms with E-state index in [1.165, 1.54) is 18.2 Å². The van der Waals surface area contributed by atoms with Gasteiger partial charge in [0.05, 0.1) is 11.0 Å². The summed E-state index contributed by atoms with van der Waals surface area (Å²) in [5.74, 6) is -2.57. The Morgan fingerprint density at radius 2 is 1.90 bits per heavy atom. The highest BCUT2D eigenvalue weighted by Crippen LogP contribution is 2.31. The lowest BCUT2D eigenvalue weighted by molar-refractivity contribution is -0.385. The number of carbonyl (C=O) groups is 1. The normalized spacial score (nSPS) is 10.2. The number of benzene rings is 2. The van der Waals surface area contributed by atoms with E-state index in [4.69, 9.17) is 9.84 Å². The second-order valence-corrected chi connectivity index (χ2v) is 4.84. The molecule has 0 saturated carbocycles. The van der Waals surface area contributed by atoms with Gasteiger partial charge in [0.1, 0.15) is 11.3 Å². The molecular formula is C13H7BrFNO5. The van der Waals surface area contributed by atoms with E-state index in [2.05, 4.69) is 15.9 Å². The minimum Gasteiger partial charge on any atom is -0.478 e. The molecule has 0 fully saturated rings. The van der Waals surface area contributed by atoms with Gasteiger partial charge in [-0.05, 0) is 24.3 Å². The maximum absolute atomic E-state index is 13.7. The number of nitro groups is 1. The molecule has 0 heterocycles. The van der Waals surface area contributed by atoms with E-state index in [1.807, 2.05) is 0 Å². The maximum atomic E-state index is 13.7. The second kappa shape index (κ2) is 5.88.